The van der Waals surface area contributed by atoms with Crippen LogP contribution in [0.1, 0.15) is 29.8 Å². The van der Waals surface area contributed by atoms with E-state index >= 15 is 0 Å². The van der Waals surface area contributed by atoms with E-state index in [-0.39, 0.29) is 17.8 Å². The van der Waals surface area contributed by atoms with Gasteiger partial charge in [0.1, 0.15) is 12.1 Å². The maximum Gasteiger partial charge on any atom is 0.310 e. The van der Waals surface area contributed by atoms with Gasteiger partial charge in [-0.2, -0.15) is 0 Å². The Morgan fingerprint density at radius 3 is 2.41 bits per heavy atom. The lowest BCUT2D eigenvalue weighted by Gasteiger charge is -2.28. The van der Waals surface area contributed by atoms with Gasteiger partial charge in [0.05, 0.1) is 13.0 Å². The molecule has 0 saturated carbocycles. The minimum absolute atomic E-state index is 0.0228. The van der Waals surface area contributed by atoms with Crippen molar-refractivity contribution >= 4 is 11.8 Å². The van der Waals surface area contributed by atoms with Crippen LogP contribution >= 0.6 is 0 Å². The molecule has 32 heavy (non-hydrogen) atoms. The summed E-state index contributed by atoms with van der Waals surface area (Å²) >= 11 is 0. The van der Waals surface area contributed by atoms with E-state index in [0.29, 0.717) is 12.0 Å². The number of nitrogen functional groups attached to an aromatic ring is 1. The highest BCUT2D eigenvalue weighted by atomic mass is 16.5. The van der Waals surface area contributed by atoms with Crippen molar-refractivity contribution in [3.63, 3.8) is 0 Å². The molecule has 0 amide bonds. The first kappa shape index (κ1) is 21.7. The standard InChI is InChI=1S/C26H27N3O3/c1-15(22(26(31)32-2)13-16-6-5-7-17(12-16)24(27)28)29-25(30)18-10-11-21-19-8-3-4-9-20(19)23(21)14-18/h3-12,14-15,22,25,29-30H,13H2,1-2H3,(H3,27,28)/t15-,22-,25?/m1/s1. The van der Waals surface area contributed by atoms with Crippen LogP contribution in [-0.2, 0) is 16.0 Å². The smallest absolute Gasteiger partial charge is 0.310 e. The summed E-state index contributed by atoms with van der Waals surface area (Å²) in [6.45, 7) is 1.86. The Morgan fingerprint density at radius 1 is 1.03 bits per heavy atom. The lowest BCUT2D eigenvalue weighted by Crippen LogP contribution is -2.41. The molecule has 0 aromatic heterocycles. The lowest BCUT2D eigenvalue weighted by molar-refractivity contribution is -0.146. The van der Waals surface area contributed by atoms with E-state index in [2.05, 4.69) is 17.4 Å². The molecule has 0 saturated heterocycles. The number of esters is 1. The number of aliphatic hydroxyl groups is 1. The first-order chi connectivity index (χ1) is 15.4. The normalized spacial score (nSPS) is 14.3. The number of nitrogens with two attached hydrogens (primary N) is 1. The Labute approximate surface area is 187 Å². The highest BCUT2D eigenvalue weighted by Crippen LogP contribution is 2.47. The number of carbonyl (C=O) groups is 1. The molecule has 0 bridgehead atoms. The number of fused-ring (bicyclic) bond motifs is 4. The van der Waals surface area contributed by atoms with Gasteiger partial charge >= 0.3 is 5.97 Å². The molecule has 4 rings (SSSR count). The van der Waals surface area contributed by atoms with Crippen molar-refractivity contribution in [2.24, 2.45) is 11.7 Å². The van der Waals surface area contributed by atoms with E-state index in [9.17, 15) is 9.90 Å². The maximum atomic E-state index is 12.5. The van der Waals surface area contributed by atoms with Gasteiger partial charge in [0.2, 0.25) is 0 Å². The highest BCUT2D eigenvalue weighted by molar-refractivity contribution is 6.02. The van der Waals surface area contributed by atoms with Gasteiger partial charge in [0, 0.05) is 11.6 Å². The topological polar surface area (TPSA) is 108 Å². The first-order valence-electron chi connectivity index (χ1n) is 10.6. The average molecular weight is 430 g/mol. The molecule has 1 aliphatic rings. The highest BCUT2D eigenvalue weighted by Gasteiger charge is 2.29. The number of rotatable bonds is 8. The van der Waals surface area contributed by atoms with Crippen molar-refractivity contribution in [1.82, 2.24) is 5.32 Å². The van der Waals surface area contributed by atoms with Crippen LogP contribution in [0.3, 0.4) is 0 Å². The van der Waals surface area contributed by atoms with Crippen LogP contribution in [0, 0.1) is 11.3 Å². The summed E-state index contributed by atoms with van der Waals surface area (Å²) in [7, 11) is 1.36. The van der Waals surface area contributed by atoms with Crippen LogP contribution < -0.4 is 11.1 Å². The van der Waals surface area contributed by atoms with E-state index in [1.165, 1.54) is 23.8 Å². The Bertz CT molecular complexity index is 1170. The summed E-state index contributed by atoms with van der Waals surface area (Å²) in [5.41, 5.74) is 12.5. The number of carbonyl (C=O) groups excluding carboxylic acids is 1. The van der Waals surface area contributed by atoms with Gasteiger partial charge in [0.25, 0.3) is 0 Å². The van der Waals surface area contributed by atoms with Crippen LogP contribution in [-0.4, -0.2) is 30.1 Å². The summed E-state index contributed by atoms with van der Waals surface area (Å²) in [6, 6.07) is 21.0. The quantitative estimate of drug-likeness (QED) is 0.148. The van der Waals surface area contributed by atoms with Gasteiger partial charge in [-0.15, -0.1) is 0 Å². The molecule has 0 radical (unpaired) electrons. The molecule has 3 atom stereocenters. The van der Waals surface area contributed by atoms with Gasteiger partial charge < -0.3 is 15.6 Å². The van der Waals surface area contributed by atoms with Crippen LogP contribution in [0.15, 0.2) is 66.7 Å². The monoisotopic (exact) mass is 429 g/mol. The van der Waals surface area contributed by atoms with Crippen molar-refractivity contribution in [1.29, 1.82) is 5.41 Å². The van der Waals surface area contributed by atoms with E-state index in [1.807, 2.05) is 49.4 Å². The predicted octanol–water partition coefficient (Wildman–Crippen LogP) is 3.62. The zero-order valence-electron chi connectivity index (χ0n) is 18.1. The fourth-order valence-electron chi connectivity index (χ4n) is 4.28. The Hall–Kier alpha value is -3.48. The Kier molecular flexibility index (Phi) is 6.08. The minimum Gasteiger partial charge on any atom is -0.469 e. The lowest BCUT2D eigenvalue weighted by atomic mass is 9.80. The second kappa shape index (κ2) is 8.94. The molecule has 5 N–H and O–H groups in total. The molecule has 6 heteroatoms. The van der Waals surface area contributed by atoms with Crippen molar-refractivity contribution in [2.75, 3.05) is 7.11 Å². The number of aliphatic hydroxyl groups excluding tert-OH is 1. The van der Waals surface area contributed by atoms with Crippen molar-refractivity contribution < 1.29 is 14.6 Å². The van der Waals surface area contributed by atoms with Gasteiger partial charge in [-0.25, -0.2) is 0 Å². The molecule has 3 aromatic carbocycles. The molecule has 3 aromatic rings. The zero-order chi connectivity index (χ0) is 22.8. The zero-order valence-corrected chi connectivity index (χ0v) is 18.1. The third-order valence-electron chi connectivity index (χ3n) is 6.09. The van der Waals surface area contributed by atoms with Crippen LogP contribution in [0.2, 0.25) is 0 Å². The third kappa shape index (κ3) is 4.15. The van der Waals surface area contributed by atoms with Gasteiger partial charge in [-0.1, -0.05) is 54.6 Å². The number of benzene rings is 3. The first-order valence-corrected chi connectivity index (χ1v) is 10.6. The number of ether oxygens (including phenoxy) is 1. The summed E-state index contributed by atoms with van der Waals surface area (Å²) < 4.78 is 5.03. The summed E-state index contributed by atoms with van der Waals surface area (Å²) in [4.78, 5) is 12.5. The van der Waals surface area contributed by atoms with Crippen molar-refractivity contribution in [2.45, 2.75) is 25.6 Å². The molecular weight excluding hydrogens is 402 g/mol. The molecule has 1 unspecified atom stereocenters. The molecule has 6 nitrogen and oxygen atoms in total. The van der Waals surface area contributed by atoms with E-state index < -0.39 is 12.1 Å². The third-order valence-corrected chi connectivity index (χ3v) is 6.09. The molecule has 0 heterocycles. The fraction of sp³-hybridized carbons (Fsp3) is 0.231. The van der Waals surface area contributed by atoms with E-state index in [4.69, 9.17) is 15.9 Å². The van der Waals surface area contributed by atoms with Gasteiger partial charge in [-0.05, 0) is 58.9 Å². The Morgan fingerprint density at radius 2 is 1.72 bits per heavy atom. The van der Waals surface area contributed by atoms with Crippen LogP contribution in [0.25, 0.3) is 22.3 Å². The molecule has 1 aliphatic carbocycles. The SMILES string of the molecule is COC(=O)[C@H](Cc1cccc(C(=N)N)c1)[C@@H](C)NC(O)c1ccc2c(c1)-c1ccccc1-2. The molecule has 164 valence electrons. The molecule has 0 fully saturated rings. The summed E-state index contributed by atoms with van der Waals surface area (Å²) in [5.74, 6) is -0.911. The van der Waals surface area contributed by atoms with Crippen LogP contribution in [0.4, 0.5) is 0 Å². The number of hydrogen-bond donors (Lipinski definition) is 4. The summed E-state index contributed by atoms with van der Waals surface area (Å²) in [5, 5.41) is 21.6. The van der Waals surface area contributed by atoms with E-state index in [0.717, 1.165) is 16.7 Å². The van der Waals surface area contributed by atoms with E-state index in [1.54, 1.807) is 12.1 Å². The number of amidine groups is 1. The van der Waals surface area contributed by atoms with Crippen molar-refractivity contribution in [3.05, 3.63) is 83.4 Å². The molecule has 0 spiro atoms. The van der Waals surface area contributed by atoms with Crippen LogP contribution in [0.5, 0.6) is 0 Å². The van der Waals surface area contributed by atoms with Gasteiger partial charge in [0.15, 0.2) is 0 Å². The maximum absolute atomic E-state index is 12.5. The number of methoxy groups -OCH3 is 1. The fourth-order valence-corrected chi connectivity index (χ4v) is 4.28. The predicted molar refractivity (Wildman–Crippen MR) is 125 cm³/mol. The number of nitrogens with one attached hydrogen (secondary N) is 2. The number of hydrogen-bond acceptors (Lipinski definition) is 5. The van der Waals surface area contributed by atoms with Crippen molar-refractivity contribution in [3.8, 4) is 22.3 Å². The Balaban J connectivity index is 1.49. The minimum atomic E-state index is -0.932. The molecule has 0 aliphatic heterocycles. The average Bonchev–Trinajstić information content (AvgIpc) is 2.80. The largest absolute Gasteiger partial charge is 0.469 e. The summed E-state index contributed by atoms with van der Waals surface area (Å²) in [6.07, 6.45) is -0.537. The second-order valence-corrected chi connectivity index (χ2v) is 8.16. The second-order valence-electron chi connectivity index (χ2n) is 8.16. The van der Waals surface area contributed by atoms with Gasteiger partial charge in [-0.3, -0.25) is 15.5 Å². The molecular formula is C26H27N3O3.